The Morgan fingerprint density at radius 2 is 1.07 bits per heavy atom. The van der Waals surface area contributed by atoms with Gasteiger partial charge in [0.2, 0.25) is 0 Å². The van der Waals surface area contributed by atoms with E-state index in [2.05, 4.69) is 9.37 Å². The highest BCUT2D eigenvalue weighted by Crippen LogP contribution is 2.36. The van der Waals surface area contributed by atoms with Crippen molar-refractivity contribution in [2.24, 2.45) is 0 Å². The first kappa shape index (κ1) is 25.5. The second-order valence-corrected chi connectivity index (χ2v) is 7.47. The van der Waals surface area contributed by atoms with E-state index >= 15 is 0 Å². The molecule has 5 nitrogen and oxygen atoms in total. The Balaban J connectivity index is 2.28. The molecule has 0 saturated carbocycles. The molecule has 0 unspecified atom stereocenters. The zero-order chi connectivity index (χ0) is 20.8. The third-order valence-electron chi connectivity index (χ3n) is 3.86. The van der Waals surface area contributed by atoms with Crippen LogP contribution in [-0.2, 0) is 13.6 Å². The summed E-state index contributed by atoms with van der Waals surface area (Å²) in [6, 6.07) is 0. The van der Waals surface area contributed by atoms with E-state index in [4.69, 9.17) is 14.5 Å². The number of rotatable bonds is 16. The van der Waals surface area contributed by atoms with Gasteiger partial charge in [-0.25, -0.2) is 22.8 Å². The van der Waals surface area contributed by atoms with Gasteiger partial charge in [0.05, 0.1) is 18.6 Å². The summed E-state index contributed by atoms with van der Waals surface area (Å²) >= 11 is 0.0268. The molecular formula is C17H24F4O5S2. The zero-order valence-corrected chi connectivity index (χ0v) is 16.9. The summed E-state index contributed by atoms with van der Waals surface area (Å²) in [6.07, 6.45) is 8.84. The van der Waals surface area contributed by atoms with Gasteiger partial charge >= 0.3 is 0 Å². The molecule has 0 aliphatic rings. The van der Waals surface area contributed by atoms with E-state index in [9.17, 15) is 17.6 Å². The minimum atomic E-state index is -1.67. The Labute approximate surface area is 170 Å². The van der Waals surface area contributed by atoms with Crippen molar-refractivity contribution in [1.29, 1.82) is 0 Å². The van der Waals surface area contributed by atoms with E-state index in [1.165, 1.54) is 0 Å². The maximum absolute atomic E-state index is 13.9. The fourth-order valence-corrected chi connectivity index (χ4v) is 3.47. The van der Waals surface area contributed by atoms with Crippen molar-refractivity contribution < 1.29 is 41.5 Å². The first-order chi connectivity index (χ1) is 13.5. The molecule has 0 aliphatic heterocycles. The van der Waals surface area contributed by atoms with Crippen molar-refractivity contribution in [2.75, 3.05) is 13.2 Å². The molecule has 0 amide bonds. The molecular weight excluding hydrogens is 424 g/mol. The van der Waals surface area contributed by atoms with Crippen LogP contribution in [0.5, 0.6) is 0 Å². The van der Waals surface area contributed by atoms with Crippen LogP contribution in [0.3, 0.4) is 0 Å². The second kappa shape index (κ2) is 15.3. The molecule has 0 bridgehead atoms. The third kappa shape index (κ3) is 8.85. The zero-order valence-electron chi connectivity index (χ0n) is 15.2. The Bertz CT molecular complexity index is 552. The molecule has 0 radical (unpaired) electrons. The van der Waals surface area contributed by atoms with Gasteiger partial charge in [0.25, 0.3) is 0 Å². The van der Waals surface area contributed by atoms with Gasteiger partial charge < -0.3 is 9.29 Å². The fraction of sp³-hybridized carbons (Fsp3) is 0.647. The molecule has 0 saturated heterocycles. The van der Waals surface area contributed by atoms with Crippen LogP contribution in [0.2, 0.25) is 0 Å². The minimum Gasteiger partial charge on any atom is -0.396 e. The van der Waals surface area contributed by atoms with Crippen molar-refractivity contribution in [2.45, 2.75) is 67.6 Å². The van der Waals surface area contributed by atoms with Crippen molar-refractivity contribution in [1.82, 2.24) is 0 Å². The summed E-state index contributed by atoms with van der Waals surface area (Å²) in [7, 11) is 0. The van der Waals surface area contributed by atoms with Crippen LogP contribution in [-0.4, -0.2) is 23.6 Å². The summed E-state index contributed by atoms with van der Waals surface area (Å²) in [5, 5.41) is 19.8. The Kier molecular flexibility index (Phi) is 13.9. The largest absolute Gasteiger partial charge is 0.396 e. The number of aliphatic hydroxyl groups excluding tert-OH is 1. The van der Waals surface area contributed by atoms with Gasteiger partial charge in [-0.2, -0.15) is 0 Å². The summed E-state index contributed by atoms with van der Waals surface area (Å²) < 4.78 is 64.2. The molecule has 0 spiro atoms. The van der Waals surface area contributed by atoms with E-state index in [1.54, 1.807) is 0 Å². The van der Waals surface area contributed by atoms with Crippen molar-refractivity contribution in [3.8, 4) is 0 Å². The third-order valence-corrected chi connectivity index (χ3v) is 5.32. The van der Waals surface area contributed by atoms with Crippen LogP contribution in [0, 0.1) is 23.3 Å². The van der Waals surface area contributed by atoms with E-state index in [0.717, 1.165) is 51.4 Å². The smallest absolute Gasteiger partial charge is 0.179 e. The molecule has 1 rings (SSSR count). The van der Waals surface area contributed by atoms with Gasteiger partial charge in [-0.1, -0.05) is 50.0 Å². The molecule has 0 aliphatic carbocycles. The highest BCUT2D eigenvalue weighted by atomic mass is 32.2. The Hall–Kier alpha value is -0.560. The first-order valence-electron chi connectivity index (χ1n) is 8.95. The van der Waals surface area contributed by atoms with Gasteiger partial charge in [0, 0.05) is 18.6 Å². The van der Waals surface area contributed by atoms with Crippen molar-refractivity contribution in [3.63, 3.8) is 0 Å². The maximum atomic E-state index is 13.9. The van der Waals surface area contributed by atoms with Crippen LogP contribution >= 0.6 is 24.1 Å². The van der Waals surface area contributed by atoms with E-state index < -0.39 is 33.1 Å². The quantitative estimate of drug-likeness (QED) is 0.0779. The van der Waals surface area contributed by atoms with E-state index in [0.29, 0.717) is 6.42 Å². The molecule has 2 N–H and O–H groups in total. The molecule has 0 heterocycles. The highest BCUT2D eigenvalue weighted by molar-refractivity contribution is 7.95. The molecule has 1 aromatic rings. The lowest BCUT2D eigenvalue weighted by atomic mass is 10.1. The van der Waals surface area contributed by atoms with Gasteiger partial charge in [-0.05, 0) is 12.8 Å². The minimum absolute atomic E-state index is 0.182. The number of benzene rings is 1. The summed E-state index contributed by atoms with van der Waals surface area (Å²) in [6.45, 7) is 0.419. The molecule has 28 heavy (non-hydrogen) atoms. The molecule has 0 atom stereocenters. The lowest BCUT2D eigenvalue weighted by Gasteiger charge is -2.10. The monoisotopic (exact) mass is 448 g/mol. The fourth-order valence-electron chi connectivity index (χ4n) is 2.40. The lowest BCUT2D eigenvalue weighted by molar-refractivity contribution is -0.432. The van der Waals surface area contributed by atoms with Gasteiger partial charge in [-0.3, -0.25) is 0 Å². The van der Waals surface area contributed by atoms with Gasteiger partial charge in [-0.15, -0.1) is 4.33 Å². The Morgan fingerprint density at radius 3 is 1.54 bits per heavy atom. The maximum Gasteiger partial charge on any atom is 0.179 e. The number of halogens is 4. The van der Waals surface area contributed by atoms with Crippen molar-refractivity contribution in [3.05, 3.63) is 23.3 Å². The van der Waals surface area contributed by atoms with Gasteiger partial charge in [0.15, 0.2) is 23.3 Å². The lowest BCUT2D eigenvalue weighted by Crippen LogP contribution is -2.03. The molecule has 0 fully saturated rings. The predicted molar refractivity (Wildman–Crippen MR) is 97.4 cm³/mol. The molecule has 11 heteroatoms. The van der Waals surface area contributed by atoms with Gasteiger partial charge in [0.1, 0.15) is 9.79 Å². The highest BCUT2D eigenvalue weighted by Gasteiger charge is 2.27. The first-order valence-corrected chi connectivity index (χ1v) is 10.4. The second-order valence-electron chi connectivity index (χ2n) is 5.95. The summed E-state index contributed by atoms with van der Waals surface area (Å²) in [5.74, 6) is -6.58. The SMILES string of the molecule is OCCCCCCCCCCCOSc1c(F)c(F)c(SOOO)c(F)c1F. The van der Waals surface area contributed by atoms with Crippen LogP contribution in [0.1, 0.15) is 57.8 Å². The Morgan fingerprint density at radius 1 is 0.643 bits per heavy atom. The number of hydrogen-bond donors (Lipinski definition) is 2. The number of aliphatic hydroxyl groups is 1. The van der Waals surface area contributed by atoms with Crippen LogP contribution in [0.25, 0.3) is 0 Å². The van der Waals surface area contributed by atoms with Crippen LogP contribution < -0.4 is 0 Å². The normalized spacial score (nSPS) is 11.4. The predicted octanol–water partition coefficient (Wildman–Crippen LogP) is 6.20. The standard InChI is InChI=1S/C17H24F4O5S2/c18-12-14(20)17(28-26-25-23)15(21)13(19)16(12)27-24-11-9-7-5-3-1-2-4-6-8-10-22/h22-23H,1-11H2. The average molecular weight is 449 g/mol. The summed E-state index contributed by atoms with van der Waals surface area (Å²) in [5.41, 5.74) is 0. The number of unbranched alkanes of at least 4 members (excludes halogenated alkanes) is 8. The average Bonchev–Trinajstić information content (AvgIpc) is 2.69. The van der Waals surface area contributed by atoms with Crippen LogP contribution in [0.15, 0.2) is 9.79 Å². The molecule has 162 valence electrons. The van der Waals surface area contributed by atoms with Crippen LogP contribution in [0.4, 0.5) is 17.6 Å². The molecule has 1 aromatic carbocycles. The van der Waals surface area contributed by atoms with E-state index in [-0.39, 0.29) is 37.3 Å². The van der Waals surface area contributed by atoms with Crippen molar-refractivity contribution >= 4 is 24.1 Å². The number of hydrogen-bond acceptors (Lipinski definition) is 7. The summed E-state index contributed by atoms with van der Waals surface area (Å²) in [4.78, 5) is -2.04. The molecule has 0 aromatic heterocycles. The van der Waals surface area contributed by atoms with E-state index in [1.807, 2.05) is 0 Å². The topological polar surface area (TPSA) is 68.2 Å².